The van der Waals surface area contributed by atoms with Gasteiger partial charge in [0.2, 0.25) is 10.0 Å². The highest BCUT2D eigenvalue weighted by Crippen LogP contribution is 2.10. The number of carbonyl (C=O) groups is 1. The molecule has 0 spiro atoms. The minimum Gasteiger partial charge on any atom is -0.334 e. The molecule has 0 aromatic heterocycles. The van der Waals surface area contributed by atoms with Gasteiger partial charge in [0.1, 0.15) is 0 Å². The van der Waals surface area contributed by atoms with Gasteiger partial charge in [0.25, 0.3) is 0 Å². The molecule has 1 heterocycles. The van der Waals surface area contributed by atoms with Crippen LogP contribution in [-0.2, 0) is 16.6 Å². The van der Waals surface area contributed by atoms with Gasteiger partial charge in [0.05, 0.1) is 5.75 Å². The topological polar surface area (TPSA) is 69.7 Å². The molecule has 0 atom stereocenters. The Hall–Kier alpha value is -1.60. The fourth-order valence-electron chi connectivity index (χ4n) is 2.65. The van der Waals surface area contributed by atoms with Crippen LogP contribution in [0.4, 0.5) is 4.79 Å². The van der Waals surface area contributed by atoms with Gasteiger partial charge >= 0.3 is 6.03 Å². The Kier molecular flexibility index (Phi) is 6.41. The maximum absolute atomic E-state index is 12.3. The van der Waals surface area contributed by atoms with E-state index in [-0.39, 0.29) is 11.8 Å². The van der Waals surface area contributed by atoms with E-state index in [1.807, 2.05) is 37.3 Å². The van der Waals surface area contributed by atoms with Crippen molar-refractivity contribution < 1.29 is 13.2 Å². The van der Waals surface area contributed by atoms with Gasteiger partial charge in [0, 0.05) is 32.7 Å². The average molecular weight is 339 g/mol. The fraction of sp³-hybridized carbons (Fsp3) is 0.562. The summed E-state index contributed by atoms with van der Waals surface area (Å²) in [4.78, 5) is 14.0. The molecule has 0 aliphatic carbocycles. The van der Waals surface area contributed by atoms with Gasteiger partial charge in [-0.15, -0.1) is 0 Å². The minimum absolute atomic E-state index is 0.136. The van der Waals surface area contributed by atoms with Gasteiger partial charge < -0.3 is 10.2 Å². The summed E-state index contributed by atoms with van der Waals surface area (Å²) in [5.41, 5.74) is 1.04. The molecule has 0 saturated carbocycles. The Labute approximate surface area is 138 Å². The first-order valence-electron chi connectivity index (χ1n) is 8.07. The molecule has 6 nitrogen and oxygen atoms in total. The highest BCUT2D eigenvalue weighted by Gasteiger charge is 2.25. The largest absolute Gasteiger partial charge is 0.334 e. The van der Waals surface area contributed by atoms with Crippen LogP contribution in [0.5, 0.6) is 0 Å². The molecule has 23 heavy (non-hydrogen) atoms. The molecule has 1 aliphatic heterocycles. The van der Waals surface area contributed by atoms with Crippen LogP contribution in [0.2, 0.25) is 0 Å². The van der Waals surface area contributed by atoms with Crippen molar-refractivity contribution in [3.05, 3.63) is 35.9 Å². The van der Waals surface area contributed by atoms with E-state index in [1.54, 1.807) is 4.90 Å². The molecule has 0 bridgehead atoms. The molecule has 2 amide bonds. The van der Waals surface area contributed by atoms with Gasteiger partial charge in [-0.1, -0.05) is 37.3 Å². The number of amides is 2. The molecule has 1 saturated heterocycles. The Bertz CT molecular complexity index is 604. The summed E-state index contributed by atoms with van der Waals surface area (Å²) in [6.07, 6.45) is 1.28. The second-order valence-electron chi connectivity index (χ2n) is 5.70. The van der Waals surface area contributed by atoms with E-state index < -0.39 is 10.0 Å². The Morgan fingerprint density at radius 2 is 1.87 bits per heavy atom. The van der Waals surface area contributed by atoms with Gasteiger partial charge in [0.15, 0.2) is 0 Å². The molecular formula is C16H25N3O3S. The van der Waals surface area contributed by atoms with Gasteiger partial charge in [-0.2, -0.15) is 0 Å². The lowest BCUT2D eigenvalue weighted by Crippen LogP contribution is -2.42. The molecule has 1 aromatic carbocycles. The van der Waals surface area contributed by atoms with Crippen LogP contribution in [0, 0.1) is 0 Å². The number of hydrogen-bond acceptors (Lipinski definition) is 3. The van der Waals surface area contributed by atoms with E-state index in [9.17, 15) is 13.2 Å². The van der Waals surface area contributed by atoms with E-state index >= 15 is 0 Å². The second kappa shape index (κ2) is 8.31. The van der Waals surface area contributed by atoms with Crippen molar-refractivity contribution in [1.82, 2.24) is 14.5 Å². The smallest absolute Gasteiger partial charge is 0.317 e. The van der Waals surface area contributed by atoms with E-state index in [4.69, 9.17) is 0 Å². The normalized spacial score (nSPS) is 16.8. The molecule has 0 unspecified atom stereocenters. The van der Waals surface area contributed by atoms with Crippen LogP contribution in [-0.4, -0.2) is 55.6 Å². The van der Waals surface area contributed by atoms with Gasteiger partial charge in [-0.05, 0) is 18.4 Å². The summed E-state index contributed by atoms with van der Waals surface area (Å²) < 4.78 is 25.8. The van der Waals surface area contributed by atoms with E-state index in [1.165, 1.54) is 4.31 Å². The summed E-state index contributed by atoms with van der Waals surface area (Å²) in [6, 6.07) is 9.59. The molecule has 128 valence electrons. The summed E-state index contributed by atoms with van der Waals surface area (Å²) in [5.74, 6) is 0.174. The minimum atomic E-state index is -3.19. The van der Waals surface area contributed by atoms with E-state index in [2.05, 4.69) is 5.32 Å². The first-order chi connectivity index (χ1) is 11.0. The summed E-state index contributed by atoms with van der Waals surface area (Å²) in [6.45, 7) is 4.22. The molecule has 1 aromatic rings. The maximum Gasteiger partial charge on any atom is 0.317 e. The number of hydrogen-bond donors (Lipinski definition) is 1. The lowest BCUT2D eigenvalue weighted by atomic mass is 10.2. The number of carbonyl (C=O) groups excluding carboxylic acids is 1. The van der Waals surface area contributed by atoms with Crippen LogP contribution in [0.1, 0.15) is 25.3 Å². The molecule has 0 radical (unpaired) electrons. The molecule has 2 rings (SSSR count). The van der Waals surface area contributed by atoms with Crippen LogP contribution >= 0.6 is 0 Å². The number of benzene rings is 1. The predicted molar refractivity (Wildman–Crippen MR) is 90.5 cm³/mol. The lowest BCUT2D eigenvalue weighted by molar-refractivity contribution is 0.200. The number of urea groups is 1. The Morgan fingerprint density at radius 3 is 2.57 bits per heavy atom. The van der Waals surface area contributed by atoms with Crippen molar-refractivity contribution in [2.75, 3.05) is 31.9 Å². The zero-order valence-electron chi connectivity index (χ0n) is 13.6. The van der Waals surface area contributed by atoms with Crippen molar-refractivity contribution in [3.63, 3.8) is 0 Å². The Morgan fingerprint density at radius 1 is 1.13 bits per heavy atom. The van der Waals surface area contributed by atoms with Crippen LogP contribution in [0.15, 0.2) is 30.3 Å². The second-order valence-corrected chi connectivity index (χ2v) is 7.79. The predicted octanol–water partition coefficient (Wildman–Crippen LogP) is 1.64. The molecule has 1 fully saturated rings. The summed E-state index contributed by atoms with van der Waals surface area (Å²) in [5, 5.41) is 2.89. The van der Waals surface area contributed by atoms with Crippen LogP contribution in [0.3, 0.4) is 0 Å². The molecule has 1 aliphatic rings. The first-order valence-corrected chi connectivity index (χ1v) is 9.68. The fourth-order valence-corrected chi connectivity index (χ4v) is 4.19. The third kappa shape index (κ3) is 5.21. The van der Waals surface area contributed by atoms with Crippen molar-refractivity contribution >= 4 is 16.1 Å². The first kappa shape index (κ1) is 17.7. The Balaban J connectivity index is 1.86. The maximum atomic E-state index is 12.3. The quantitative estimate of drug-likeness (QED) is 0.887. The highest BCUT2D eigenvalue weighted by molar-refractivity contribution is 7.89. The number of nitrogens with zero attached hydrogens (tertiary/aromatic N) is 2. The summed E-state index contributed by atoms with van der Waals surface area (Å²) in [7, 11) is -3.19. The third-order valence-corrected chi connectivity index (χ3v) is 5.96. The standard InChI is InChI=1S/C16H25N3O3S/c1-2-13-23(21,22)19-10-6-9-18(11-12-19)16(20)17-14-15-7-4-3-5-8-15/h3-5,7-8H,2,6,9-14H2,1H3,(H,17,20). The molecule has 1 N–H and O–H groups in total. The lowest BCUT2D eigenvalue weighted by Gasteiger charge is -2.22. The molecule has 7 heteroatoms. The van der Waals surface area contributed by atoms with Crippen molar-refractivity contribution in [2.24, 2.45) is 0 Å². The number of sulfonamides is 1. The summed E-state index contributed by atoms with van der Waals surface area (Å²) >= 11 is 0. The van der Waals surface area contributed by atoms with E-state index in [0.29, 0.717) is 45.6 Å². The van der Waals surface area contributed by atoms with Crippen molar-refractivity contribution in [3.8, 4) is 0 Å². The zero-order valence-corrected chi connectivity index (χ0v) is 14.4. The molecular weight excluding hydrogens is 314 g/mol. The number of nitrogens with one attached hydrogen (secondary N) is 1. The van der Waals surface area contributed by atoms with E-state index in [0.717, 1.165) is 5.56 Å². The number of rotatable bonds is 5. The third-order valence-electron chi connectivity index (χ3n) is 3.88. The average Bonchev–Trinajstić information content (AvgIpc) is 2.80. The SMILES string of the molecule is CCCS(=O)(=O)N1CCCN(C(=O)NCc2ccccc2)CC1. The van der Waals surface area contributed by atoms with Gasteiger partial charge in [-0.3, -0.25) is 0 Å². The highest BCUT2D eigenvalue weighted by atomic mass is 32.2. The van der Waals surface area contributed by atoms with Crippen LogP contribution in [0.25, 0.3) is 0 Å². The van der Waals surface area contributed by atoms with Gasteiger partial charge in [-0.25, -0.2) is 17.5 Å². The monoisotopic (exact) mass is 339 g/mol. The van der Waals surface area contributed by atoms with Crippen molar-refractivity contribution in [2.45, 2.75) is 26.3 Å². The zero-order chi connectivity index (χ0) is 16.7. The van der Waals surface area contributed by atoms with Crippen LogP contribution < -0.4 is 5.32 Å². The van der Waals surface area contributed by atoms with Crippen molar-refractivity contribution in [1.29, 1.82) is 0 Å².